The first-order chi connectivity index (χ1) is 8.88. The van der Waals surface area contributed by atoms with E-state index in [0.717, 1.165) is 12.1 Å². The van der Waals surface area contributed by atoms with Crippen LogP contribution in [0.25, 0.3) is 5.65 Å². The molecule has 3 rings (SSSR count). The summed E-state index contributed by atoms with van der Waals surface area (Å²) in [6.07, 6.45) is 3.38. The van der Waals surface area contributed by atoms with Crippen molar-refractivity contribution in [1.82, 2.24) is 14.6 Å². The molecule has 0 saturated heterocycles. The summed E-state index contributed by atoms with van der Waals surface area (Å²) in [7, 11) is 0. The average Bonchev–Trinajstić information content (AvgIpc) is 2.83. The molecule has 0 fully saturated rings. The Morgan fingerprint density at radius 3 is 2.67 bits per heavy atom. The average molecular weight is 237 g/mol. The second kappa shape index (κ2) is 4.41. The van der Waals surface area contributed by atoms with Crippen LogP contribution in [0.4, 0.5) is 0 Å². The van der Waals surface area contributed by atoms with Crippen molar-refractivity contribution in [2.75, 3.05) is 0 Å². The van der Waals surface area contributed by atoms with Gasteiger partial charge in [0.15, 0.2) is 11.9 Å². The van der Waals surface area contributed by atoms with Gasteiger partial charge in [0.05, 0.1) is 5.56 Å². The van der Waals surface area contributed by atoms with Gasteiger partial charge < -0.3 is 0 Å². The van der Waals surface area contributed by atoms with Crippen molar-refractivity contribution in [3.63, 3.8) is 0 Å². The first-order valence-corrected chi connectivity index (χ1v) is 5.70. The molecule has 0 N–H and O–H groups in total. The fourth-order valence-electron chi connectivity index (χ4n) is 1.98. The summed E-state index contributed by atoms with van der Waals surface area (Å²) >= 11 is 0. The zero-order valence-electron chi connectivity index (χ0n) is 9.65. The quantitative estimate of drug-likeness (QED) is 0.656. The molecule has 0 atom stereocenters. The molecule has 2 heterocycles. The van der Waals surface area contributed by atoms with E-state index in [0.29, 0.717) is 17.6 Å². The monoisotopic (exact) mass is 237 g/mol. The number of carbonyl (C=O) groups is 1. The highest BCUT2D eigenvalue weighted by Crippen LogP contribution is 2.11. The van der Waals surface area contributed by atoms with Crippen molar-refractivity contribution in [1.29, 1.82) is 0 Å². The number of pyridine rings is 1. The van der Waals surface area contributed by atoms with Crippen LogP contribution in [0.1, 0.15) is 21.7 Å². The minimum absolute atomic E-state index is 0.560. The predicted octanol–water partition coefficient (Wildman–Crippen LogP) is 2.13. The lowest BCUT2D eigenvalue weighted by atomic mass is 10.1. The lowest BCUT2D eigenvalue weighted by Gasteiger charge is -2.00. The molecule has 0 aliphatic rings. The zero-order valence-corrected chi connectivity index (χ0v) is 9.65. The number of nitrogens with zero attached hydrogens (tertiary/aromatic N) is 3. The van der Waals surface area contributed by atoms with Gasteiger partial charge in [-0.25, -0.2) is 0 Å². The van der Waals surface area contributed by atoms with Gasteiger partial charge in [-0.3, -0.25) is 9.20 Å². The number of aromatic nitrogens is 3. The molecule has 4 heteroatoms. The predicted molar refractivity (Wildman–Crippen MR) is 67.6 cm³/mol. The summed E-state index contributed by atoms with van der Waals surface area (Å²) in [5, 5.41) is 8.22. The summed E-state index contributed by atoms with van der Waals surface area (Å²) in [5.74, 6) is 0.833. The molecule has 2 aromatic heterocycles. The van der Waals surface area contributed by atoms with Crippen molar-refractivity contribution in [3.05, 3.63) is 65.6 Å². The van der Waals surface area contributed by atoms with Crippen molar-refractivity contribution >= 4 is 11.9 Å². The number of rotatable bonds is 3. The van der Waals surface area contributed by atoms with Gasteiger partial charge in [-0.15, -0.1) is 10.2 Å². The maximum absolute atomic E-state index is 10.9. The normalized spacial score (nSPS) is 10.7. The Kier molecular flexibility index (Phi) is 2.61. The fourth-order valence-corrected chi connectivity index (χ4v) is 1.98. The SMILES string of the molecule is O=Cc1cccn2c(Cc3ccccc3)nnc12. The van der Waals surface area contributed by atoms with Gasteiger partial charge in [0.25, 0.3) is 0 Å². The molecule has 0 unspecified atom stereocenters. The molecule has 0 aliphatic carbocycles. The van der Waals surface area contributed by atoms with Crippen LogP contribution in [0.2, 0.25) is 0 Å². The van der Waals surface area contributed by atoms with Crippen molar-refractivity contribution in [2.45, 2.75) is 6.42 Å². The molecule has 1 aromatic carbocycles. The molecule has 0 saturated carbocycles. The Morgan fingerprint density at radius 1 is 1.06 bits per heavy atom. The van der Waals surface area contributed by atoms with Crippen LogP contribution in [-0.4, -0.2) is 20.9 Å². The molecule has 0 spiro atoms. The second-order valence-electron chi connectivity index (χ2n) is 4.05. The molecule has 0 amide bonds. The van der Waals surface area contributed by atoms with Crippen LogP contribution in [0.15, 0.2) is 48.7 Å². The van der Waals surface area contributed by atoms with Crippen molar-refractivity contribution in [2.24, 2.45) is 0 Å². The van der Waals surface area contributed by atoms with E-state index in [4.69, 9.17) is 0 Å². The minimum atomic E-state index is 0.560. The number of aldehydes is 1. The van der Waals surface area contributed by atoms with Crippen LogP contribution in [-0.2, 0) is 6.42 Å². The zero-order chi connectivity index (χ0) is 12.4. The lowest BCUT2D eigenvalue weighted by Crippen LogP contribution is -1.97. The smallest absolute Gasteiger partial charge is 0.171 e. The maximum Gasteiger partial charge on any atom is 0.171 e. The summed E-state index contributed by atoms with van der Waals surface area (Å²) in [6, 6.07) is 13.6. The number of hydrogen-bond donors (Lipinski definition) is 0. The first kappa shape index (κ1) is 10.7. The van der Waals surface area contributed by atoms with E-state index in [-0.39, 0.29) is 0 Å². The van der Waals surface area contributed by atoms with Gasteiger partial charge in [0.1, 0.15) is 5.82 Å². The lowest BCUT2D eigenvalue weighted by molar-refractivity contribution is 0.112. The second-order valence-corrected chi connectivity index (χ2v) is 4.05. The Morgan fingerprint density at radius 2 is 1.89 bits per heavy atom. The van der Waals surface area contributed by atoms with Crippen molar-refractivity contribution < 1.29 is 4.79 Å². The number of fused-ring (bicyclic) bond motifs is 1. The van der Waals surface area contributed by atoms with Crippen LogP contribution >= 0.6 is 0 Å². The number of carbonyl (C=O) groups excluding carboxylic acids is 1. The van der Waals surface area contributed by atoms with Crippen LogP contribution in [0.3, 0.4) is 0 Å². The minimum Gasteiger partial charge on any atom is -0.298 e. The Labute approximate surface area is 104 Å². The molecule has 18 heavy (non-hydrogen) atoms. The van der Waals surface area contributed by atoms with E-state index in [2.05, 4.69) is 10.2 Å². The summed E-state index contributed by atoms with van der Waals surface area (Å²) in [4.78, 5) is 10.9. The van der Waals surface area contributed by atoms with Crippen LogP contribution in [0, 0.1) is 0 Å². The molecular formula is C14H11N3O. The molecule has 3 aromatic rings. The highest BCUT2D eigenvalue weighted by Gasteiger charge is 2.08. The Hall–Kier alpha value is -2.49. The van der Waals surface area contributed by atoms with E-state index < -0.39 is 0 Å². The third-order valence-electron chi connectivity index (χ3n) is 2.87. The molecular weight excluding hydrogens is 226 g/mol. The fraction of sp³-hybridized carbons (Fsp3) is 0.0714. The number of benzene rings is 1. The van der Waals surface area contributed by atoms with Crippen LogP contribution in [0.5, 0.6) is 0 Å². The molecule has 0 radical (unpaired) electrons. The largest absolute Gasteiger partial charge is 0.298 e. The van der Waals surface area contributed by atoms with Crippen molar-refractivity contribution in [3.8, 4) is 0 Å². The van der Waals surface area contributed by atoms with Gasteiger partial charge in [0, 0.05) is 12.6 Å². The van der Waals surface area contributed by atoms with E-state index in [1.54, 1.807) is 6.07 Å². The molecule has 0 bridgehead atoms. The van der Waals surface area contributed by atoms with Gasteiger partial charge >= 0.3 is 0 Å². The van der Waals surface area contributed by atoms with Crippen LogP contribution < -0.4 is 0 Å². The summed E-state index contributed by atoms with van der Waals surface area (Å²) in [6.45, 7) is 0. The summed E-state index contributed by atoms with van der Waals surface area (Å²) in [5.41, 5.74) is 2.34. The third-order valence-corrected chi connectivity index (χ3v) is 2.87. The van der Waals surface area contributed by atoms with E-state index in [1.165, 1.54) is 5.56 Å². The summed E-state index contributed by atoms with van der Waals surface area (Å²) < 4.78 is 1.86. The Balaban J connectivity index is 2.06. The maximum atomic E-state index is 10.9. The molecule has 0 aliphatic heterocycles. The first-order valence-electron chi connectivity index (χ1n) is 5.70. The highest BCUT2D eigenvalue weighted by atomic mass is 16.1. The van der Waals surface area contributed by atoms with E-state index in [1.807, 2.05) is 47.0 Å². The van der Waals surface area contributed by atoms with Gasteiger partial charge in [-0.05, 0) is 17.7 Å². The van der Waals surface area contributed by atoms with Gasteiger partial charge in [-0.1, -0.05) is 30.3 Å². The third kappa shape index (κ3) is 1.78. The van der Waals surface area contributed by atoms with E-state index in [9.17, 15) is 4.79 Å². The van der Waals surface area contributed by atoms with Gasteiger partial charge in [-0.2, -0.15) is 0 Å². The molecule has 4 nitrogen and oxygen atoms in total. The topological polar surface area (TPSA) is 47.3 Å². The highest BCUT2D eigenvalue weighted by molar-refractivity contribution is 5.83. The van der Waals surface area contributed by atoms with E-state index >= 15 is 0 Å². The Bertz CT molecular complexity index is 689. The molecule has 88 valence electrons. The number of hydrogen-bond acceptors (Lipinski definition) is 3. The van der Waals surface area contributed by atoms with Gasteiger partial charge in [0.2, 0.25) is 0 Å². The standard InChI is InChI=1S/C14H11N3O/c18-10-12-7-4-8-17-13(15-16-14(12)17)9-11-5-2-1-3-6-11/h1-8,10H,9H2.